The van der Waals surface area contributed by atoms with E-state index in [1.54, 1.807) is 50.6 Å². The fourth-order valence-electron chi connectivity index (χ4n) is 3.04. The number of aliphatic hydroxyl groups is 1. The number of methoxy groups -OCH3 is 2. The van der Waals surface area contributed by atoms with Crippen LogP contribution in [0.15, 0.2) is 54.1 Å². The van der Waals surface area contributed by atoms with Crippen molar-refractivity contribution in [2.75, 3.05) is 20.8 Å². The number of nitrogens with zero attached hydrogens (tertiary/aromatic N) is 1. The molecule has 0 radical (unpaired) electrons. The maximum absolute atomic E-state index is 12.6. The van der Waals surface area contributed by atoms with Crippen LogP contribution in [0, 0.1) is 0 Å². The van der Waals surface area contributed by atoms with Gasteiger partial charge in [-0.25, -0.2) is 0 Å². The number of hydrogen-bond donors (Lipinski definition) is 1. The second-order valence-electron chi connectivity index (χ2n) is 6.22. The Hall–Kier alpha value is -3.28. The molecule has 0 atom stereocenters. The molecule has 0 saturated carbocycles. The lowest BCUT2D eigenvalue weighted by Crippen LogP contribution is -2.41. The van der Waals surface area contributed by atoms with Gasteiger partial charge in [-0.2, -0.15) is 0 Å². The number of Topliss-reactive ketones (excluding diaryl/α,β-unsaturated/α-hetero) is 1. The summed E-state index contributed by atoms with van der Waals surface area (Å²) >= 11 is 0. The average molecular weight is 367 g/mol. The first kappa shape index (κ1) is 18.5. The van der Waals surface area contributed by atoms with Gasteiger partial charge in [0.1, 0.15) is 17.3 Å². The van der Waals surface area contributed by atoms with Gasteiger partial charge in [0.05, 0.1) is 27.2 Å². The molecule has 1 fully saturated rings. The third-order valence-electron chi connectivity index (χ3n) is 4.54. The Morgan fingerprint density at radius 2 is 1.81 bits per heavy atom. The third kappa shape index (κ3) is 3.95. The summed E-state index contributed by atoms with van der Waals surface area (Å²) < 4.78 is 10.5. The van der Waals surface area contributed by atoms with E-state index in [1.807, 2.05) is 12.1 Å². The van der Waals surface area contributed by atoms with Crippen molar-refractivity contribution in [1.82, 2.24) is 4.90 Å². The molecule has 140 valence electrons. The first-order valence-electron chi connectivity index (χ1n) is 8.53. The summed E-state index contributed by atoms with van der Waals surface area (Å²) in [7, 11) is 3.11. The van der Waals surface area contributed by atoms with Crippen molar-refractivity contribution < 1.29 is 24.2 Å². The molecular weight excluding hydrogens is 346 g/mol. The molecule has 1 heterocycles. The second-order valence-corrected chi connectivity index (χ2v) is 6.22. The smallest absolute Gasteiger partial charge is 0.227 e. The van der Waals surface area contributed by atoms with E-state index < -0.39 is 0 Å². The largest absolute Gasteiger partial charge is 0.507 e. The summed E-state index contributed by atoms with van der Waals surface area (Å²) in [5.41, 5.74) is 1.46. The number of amides is 1. The number of piperidine rings is 1. The number of likely N-dealkylation sites (tertiary alicyclic amines) is 1. The molecule has 1 aliphatic rings. The van der Waals surface area contributed by atoms with Crippen LogP contribution >= 0.6 is 0 Å². The first-order chi connectivity index (χ1) is 13.0. The van der Waals surface area contributed by atoms with E-state index in [4.69, 9.17) is 9.47 Å². The van der Waals surface area contributed by atoms with E-state index in [9.17, 15) is 14.7 Å². The molecule has 1 saturated heterocycles. The van der Waals surface area contributed by atoms with Gasteiger partial charge < -0.3 is 19.5 Å². The van der Waals surface area contributed by atoms with E-state index in [0.29, 0.717) is 17.1 Å². The van der Waals surface area contributed by atoms with Gasteiger partial charge in [0.15, 0.2) is 5.78 Å². The molecule has 1 amide bonds. The molecule has 1 aliphatic heterocycles. The molecule has 0 aliphatic carbocycles. The van der Waals surface area contributed by atoms with Gasteiger partial charge in [-0.15, -0.1) is 0 Å². The molecule has 3 rings (SSSR count). The van der Waals surface area contributed by atoms with Crippen molar-refractivity contribution in [3.63, 3.8) is 0 Å². The minimum Gasteiger partial charge on any atom is -0.507 e. The minimum atomic E-state index is -0.261. The topological polar surface area (TPSA) is 76.1 Å². The van der Waals surface area contributed by atoms with E-state index in [2.05, 4.69) is 0 Å². The van der Waals surface area contributed by atoms with Crippen LogP contribution in [-0.2, 0) is 16.1 Å². The van der Waals surface area contributed by atoms with Crippen molar-refractivity contribution in [2.45, 2.75) is 13.0 Å². The molecule has 6 nitrogen and oxygen atoms in total. The zero-order valence-electron chi connectivity index (χ0n) is 15.3. The van der Waals surface area contributed by atoms with Crippen LogP contribution in [0.4, 0.5) is 0 Å². The monoisotopic (exact) mass is 367 g/mol. The predicted molar refractivity (Wildman–Crippen MR) is 101 cm³/mol. The highest BCUT2D eigenvalue weighted by molar-refractivity contribution is 6.10. The molecule has 6 heteroatoms. The molecule has 1 N–H and O–H groups in total. The number of rotatable bonds is 5. The Morgan fingerprint density at radius 3 is 2.48 bits per heavy atom. The molecule has 0 aromatic heterocycles. The van der Waals surface area contributed by atoms with Gasteiger partial charge in [-0.3, -0.25) is 9.59 Å². The van der Waals surface area contributed by atoms with Gasteiger partial charge in [0, 0.05) is 29.3 Å². The lowest BCUT2D eigenvalue weighted by molar-refractivity contribution is -0.137. The van der Waals surface area contributed by atoms with Crippen LogP contribution in [0.1, 0.15) is 17.5 Å². The van der Waals surface area contributed by atoms with Crippen molar-refractivity contribution in [2.24, 2.45) is 0 Å². The summed E-state index contributed by atoms with van der Waals surface area (Å²) in [5, 5.41) is 10.4. The number of benzene rings is 2. The van der Waals surface area contributed by atoms with Gasteiger partial charge in [0.25, 0.3) is 0 Å². The standard InChI is InChI=1S/C21H21NO5/c1-26-16-9-8-15(19(10-16)27-2)12-22-13-18(23)17(11-20(22)24)21(25)14-6-4-3-5-7-14/h3-10,25H,11-13H2,1-2H3/b21-17-. The Bertz CT molecular complexity index is 889. The molecule has 2 aromatic carbocycles. The highest BCUT2D eigenvalue weighted by Gasteiger charge is 2.31. The second kappa shape index (κ2) is 7.95. The fourth-order valence-corrected chi connectivity index (χ4v) is 3.04. The van der Waals surface area contributed by atoms with Crippen LogP contribution in [0.2, 0.25) is 0 Å². The summed E-state index contributed by atoms with van der Waals surface area (Å²) in [4.78, 5) is 26.6. The lowest BCUT2D eigenvalue weighted by atomic mass is 9.97. The van der Waals surface area contributed by atoms with Gasteiger partial charge >= 0.3 is 0 Å². The van der Waals surface area contributed by atoms with Gasteiger partial charge in [0.2, 0.25) is 5.91 Å². The zero-order valence-corrected chi connectivity index (χ0v) is 15.3. The van der Waals surface area contributed by atoms with E-state index in [-0.39, 0.29) is 42.5 Å². The predicted octanol–water partition coefficient (Wildman–Crippen LogP) is 2.97. The van der Waals surface area contributed by atoms with Crippen LogP contribution in [0.3, 0.4) is 0 Å². The Kier molecular flexibility index (Phi) is 5.45. The molecule has 0 spiro atoms. The normalized spacial score (nSPS) is 16.3. The summed E-state index contributed by atoms with van der Waals surface area (Å²) in [6, 6.07) is 14.1. The van der Waals surface area contributed by atoms with Crippen LogP contribution in [-0.4, -0.2) is 42.5 Å². The number of carbonyl (C=O) groups is 2. The number of carbonyl (C=O) groups excluding carboxylic acids is 2. The Balaban J connectivity index is 1.80. The SMILES string of the molecule is COc1ccc(CN2CC(=O)/C(=C(\O)c3ccccc3)CC2=O)c(OC)c1. The lowest BCUT2D eigenvalue weighted by Gasteiger charge is -2.28. The van der Waals surface area contributed by atoms with Crippen molar-refractivity contribution in [3.8, 4) is 11.5 Å². The maximum Gasteiger partial charge on any atom is 0.227 e. The van der Waals surface area contributed by atoms with Crippen molar-refractivity contribution in [3.05, 3.63) is 65.2 Å². The fraction of sp³-hybridized carbons (Fsp3) is 0.238. The zero-order chi connectivity index (χ0) is 19.4. The molecule has 2 aromatic rings. The molecular formula is C21H21NO5. The first-order valence-corrected chi connectivity index (χ1v) is 8.53. The summed E-state index contributed by atoms with van der Waals surface area (Å²) in [5.74, 6) is 0.627. The Labute approximate surface area is 157 Å². The minimum absolute atomic E-state index is 0.0831. The third-order valence-corrected chi connectivity index (χ3v) is 4.54. The van der Waals surface area contributed by atoms with Gasteiger partial charge in [-0.05, 0) is 12.1 Å². The molecule has 0 unspecified atom stereocenters. The van der Waals surface area contributed by atoms with E-state index in [0.717, 1.165) is 5.56 Å². The number of aliphatic hydroxyl groups excluding tert-OH is 1. The van der Waals surface area contributed by atoms with Crippen molar-refractivity contribution >= 4 is 17.4 Å². The molecule has 27 heavy (non-hydrogen) atoms. The average Bonchev–Trinajstić information content (AvgIpc) is 2.70. The van der Waals surface area contributed by atoms with E-state index in [1.165, 1.54) is 4.90 Å². The van der Waals surface area contributed by atoms with Gasteiger partial charge in [-0.1, -0.05) is 30.3 Å². The van der Waals surface area contributed by atoms with Crippen LogP contribution < -0.4 is 9.47 Å². The molecule has 0 bridgehead atoms. The summed E-state index contributed by atoms with van der Waals surface area (Å²) in [6.07, 6.45) is -0.127. The van der Waals surface area contributed by atoms with Crippen LogP contribution in [0.5, 0.6) is 11.5 Å². The number of ketones is 1. The quantitative estimate of drug-likeness (QED) is 0.649. The van der Waals surface area contributed by atoms with E-state index >= 15 is 0 Å². The highest BCUT2D eigenvalue weighted by Crippen LogP contribution is 2.28. The van der Waals surface area contributed by atoms with Crippen LogP contribution in [0.25, 0.3) is 5.76 Å². The summed E-state index contributed by atoms with van der Waals surface area (Å²) in [6.45, 7) is 0.164. The maximum atomic E-state index is 12.6. The number of hydrogen-bond acceptors (Lipinski definition) is 5. The van der Waals surface area contributed by atoms with Crippen molar-refractivity contribution in [1.29, 1.82) is 0 Å². The number of ether oxygens (including phenoxy) is 2. The highest BCUT2D eigenvalue weighted by atomic mass is 16.5. The Morgan fingerprint density at radius 1 is 1.07 bits per heavy atom.